The molecule has 0 atom stereocenters. The first-order valence-electron chi connectivity index (χ1n) is 6.95. The fourth-order valence-corrected chi connectivity index (χ4v) is 2.86. The van der Waals surface area contributed by atoms with Crippen molar-refractivity contribution in [3.8, 4) is 11.8 Å². The summed E-state index contributed by atoms with van der Waals surface area (Å²) in [6, 6.07) is 2.50. The van der Waals surface area contributed by atoms with Crippen molar-refractivity contribution >= 4 is 17.2 Å². The van der Waals surface area contributed by atoms with Gasteiger partial charge < -0.3 is 10.4 Å². The molecule has 1 amide bonds. The van der Waals surface area contributed by atoms with E-state index >= 15 is 0 Å². The highest BCUT2D eigenvalue weighted by atomic mass is 32.1. The molecule has 0 aliphatic heterocycles. The molecule has 1 fully saturated rings. The molecular weight excluding hydrogens is 272 g/mol. The molecule has 2 rings (SSSR count). The summed E-state index contributed by atoms with van der Waals surface area (Å²) in [6.45, 7) is 4.63. The zero-order valence-corrected chi connectivity index (χ0v) is 12.5. The molecule has 1 aliphatic rings. The maximum atomic E-state index is 12.0. The van der Waals surface area contributed by atoms with Crippen LogP contribution in [-0.4, -0.2) is 48.2 Å². The maximum Gasteiger partial charge on any atom is 0.252 e. The summed E-state index contributed by atoms with van der Waals surface area (Å²) in [7, 11) is 0. The second kappa shape index (κ2) is 7.44. The van der Waals surface area contributed by atoms with E-state index in [0.29, 0.717) is 12.1 Å². The Morgan fingerprint density at radius 2 is 2.40 bits per heavy atom. The number of hydrogen-bond acceptors (Lipinski definition) is 4. The van der Waals surface area contributed by atoms with Crippen molar-refractivity contribution in [3.63, 3.8) is 0 Å². The average molecular weight is 292 g/mol. The van der Waals surface area contributed by atoms with E-state index < -0.39 is 0 Å². The van der Waals surface area contributed by atoms with Gasteiger partial charge in [0.1, 0.15) is 6.61 Å². The van der Waals surface area contributed by atoms with Gasteiger partial charge in [-0.05, 0) is 25.5 Å². The monoisotopic (exact) mass is 292 g/mol. The number of amides is 1. The third kappa shape index (κ3) is 4.34. The van der Waals surface area contributed by atoms with Crippen LogP contribution >= 0.6 is 11.3 Å². The third-order valence-electron chi connectivity index (χ3n) is 3.31. The van der Waals surface area contributed by atoms with E-state index in [2.05, 4.69) is 29.0 Å². The fraction of sp³-hybridized carbons (Fsp3) is 0.533. The van der Waals surface area contributed by atoms with Crippen molar-refractivity contribution in [2.24, 2.45) is 0 Å². The van der Waals surface area contributed by atoms with Crippen LogP contribution in [0.3, 0.4) is 0 Å². The maximum absolute atomic E-state index is 12.0. The van der Waals surface area contributed by atoms with Crippen molar-refractivity contribution in [2.75, 3.05) is 26.2 Å². The molecule has 0 saturated heterocycles. The Kier molecular flexibility index (Phi) is 5.60. The Balaban J connectivity index is 1.77. The number of carbonyl (C=O) groups excluding carboxylic acids is 1. The van der Waals surface area contributed by atoms with Crippen molar-refractivity contribution in [2.45, 2.75) is 25.8 Å². The van der Waals surface area contributed by atoms with Crippen LogP contribution < -0.4 is 5.32 Å². The molecule has 0 aromatic carbocycles. The van der Waals surface area contributed by atoms with Crippen LogP contribution in [0.25, 0.3) is 0 Å². The van der Waals surface area contributed by atoms with Gasteiger partial charge in [-0.1, -0.05) is 18.8 Å². The number of thiophene rings is 1. The number of nitrogens with one attached hydrogen (secondary N) is 1. The Morgan fingerprint density at radius 1 is 1.60 bits per heavy atom. The summed E-state index contributed by atoms with van der Waals surface area (Å²) >= 11 is 1.42. The van der Waals surface area contributed by atoms with E-state index in [1.807, 2.05) is 0 Å². The molecule has 4 nitrogen and oxygen atoms in total. The lowest BCUT2D eigenvalue weighted by molar-refractivity contribution is 0.0948. The summed E-state index contributed by atoms with van der Waals surface area (Å²) in [5.74, 6) is 5.34. The van der Waals surface area contributed by atoms with E-state index in [0.717, 1.165) is 24.0 Å². The summed E-state index contributed by atoms with van der Waals surface area (Å²) in [5.41, 5.74) is 0.645. The molecule has 0 spiro atoms. The molecule has 20 heavy (non-hydrogen) atoms. The van der Waals surface area contributed by atoms with Gasteiger partial charge in [0, 0.05) is 24.5 Å². The first-order valence-corrected chi connectivity index (χ1v) is 7.83. The lowest BCUT2D eigenvalue weighted by Gasteiger charge is -2.19. The van der Waals surface area contributed by atoms with Gasteiger partial charge in [0.05, 0.1) is 10.4 Å². The molecule has 0 bridgehead atoms. The molecule has 1 heterocycles. The van der Waals surface area contributed by atoms with Gasteiger partial charge in [-0.15, -0.1) is 11.3 Å². The Bertz CT molecular complexity index is 511. The average Bonchev–Trinajstić information content (AvgIpc) is 3.18. The van der Waals surface area contributed by atoms with Crippen LogP contribution in [0.2, 0.25) is 0 Å². The minimum atomic E-state index is -0.159. The number of aliphatic hydroxyl groups excluding tert-OH is 1. The number of aliphatic hydroxyl groups is 1. The van der Waals surface area contributed by atoms with E-state index in [9.17, 15) is 4.79 Å². The topological polar surface area (TPSA) is 52.6 Å². The van der Waals surface area contributed by atoms with Crippen LogP contribution in [-0.2, 0) is 0 Å². The number of nitrogens with zero attached hydrogens (tertiary/aromatic N) is 1. The van der Waals surface area contributed by atoms with Crippen molar-refractivity contribution in [3.05, 3.63) is 21.9 Å². The van der Waals surface area contributed by atoms with Gasteiger partial charge in [-0.25, -0.2) is 0 Å². The predicted octanol–water partition coefficient (Wildman–Crippen LogP) is 1.31. The third-order valence-corrected chi connectivity index (χ3v) is 4.15. The van der Waals surface area contributed by atoms with E-state index in [1.54, 1.807) is 11.4 Å². The molecule has 1 aromatic heterocycles. The van der Waals surface area contributed by atoms with Crippen molar-refractivity contribution in [1.82, 2.24) is 10.2 Å². The van der Waals surface area contributed by atoms with Gasteiger partial charge >= 0.3 is 0 Å². The minimum Gasteiger partial charge on any atom is -0.384 e. The van der Waals surface area contributed by atoms with Crippen LogP contribution in [0.5, 0.6) is 0 Å². The highest BCUT2D eigenvalue weighted by Crippen LogP contribution is 2.25. The molecule has 1 saturated carbocycles. The molecule has 1 aliphatic carbocycles. The Hall–Kier alpha value is -1.35. The highest BCUT2D eigenvalue weighted by Gasteiger charge is 2.27. The lowest BCUT2D eigenvalue weighted by atomic mass is 10.3. The van der Waals surface area contributed by atoms with E-state index in [4.69, 9.17) is 5.11 Å². The first-order chi connectivity index (χ1) is 9.74. The molecule has 0 unspecified atom stereocenters. The molecule has 0 radical (unpaired) electrons. The molecule has 1 aromatic rings. The van der Waals surface area contributed by atoms with Crippen molar-refractivity contribution in [1.29, 1.82) is 0 Å². The van der Waals surface area contributed by atoms with Crippen LogP contribution in [0.4, 0.5) is 0 Å². The first kappa shape index (κ1) is 15.0. The van der Waals surface area contributed by atoms with E-state index in [1.165, 1.54) is 24.2 Å². The number of carbonyl (C=O) groups is 1. The second-order valence-corrected chi connectivity index (χ2v) is 5.69. The predicted molar refractivity (Wildman–Crippen MR) is 80.9 cm³/mol. The van der Waals surface area contributed by atoms with Crippen LogP contribution in [0.1, 0.15) is 35.0 Å². The summed E-state index contributed by atoms with van der Waals surface area (Å²) in [6.07, 6.45) is 2.58. The zero-order valence-electron chi connectivity index (χ0n) is 11.7. The largest absolute Gasteiger partial charge is 0.384 e. The Labute approximate surface area is 123 Å². The standard InChI is InChI=1S/C15H20N2O2S/c1-2-17(13-5-6-13)8-7-16-15(19)12-10-14(20-11-12)4-3-9-18/h10-11,13,18H,2,5-9H2,1H3,(H,16,19). The van der Waals surface area contributed by atoms with Gasteiger partial charge in [-0.3, -0.25) is 9.69 Å². The van der Waals surface area contributed by atoms with E-state index in [-0.39, 0.29) is 12.5 Å². The minimum absolute atomic E-state index is 0.0508. The molecular formula is C15H20N2O2S. The molecule has 108 valence electrons. The van der Waals surface area contributed by atoms with Gasteiger partial charge in [0.2, 0.25) is 0 Å². The SMILES string of the molecule is CCN(CCNC(=O)c1csc(C#CCO)c1)C1CC1. The van der Waals surface area contributed by atoms with Gasteiger partial charge in [0.25, 0.3) is 5.91 Å². The second-order valence-electron chi connectivity index (χ2n) is 4.78. The van der Waals surface area contributed by atoms with Crippen LogP contribution in [0.15, 0.2) is 11.4 Å². The lowest BCUT2D eigenvalue weighted by Crippen LogP contribution is -2.35. The molecule has 2 N–H and O–H groups in total. The molecule has 5 heteroatoms. The fourth-order valence-electron chi connectivity index (χ4n) is 2.10. The smallest absolute Gasteiger partial charge is 0.252 e. The highest BCUT2D eigenvalue weighted by molar-refractivity contribution is 7.10. The van der Waals surface area contributed by atoms with Crippen molar-refractivity contribution < 1.29 is 9.90 Å². The Morgan fingerprint density at radius 3 is 3.05 bits per heavy atom. The number of likely N-dealkylation sites (N-methyl/N-ethyl adjacent to an activating group) is 1. The summed E-state index contributed by atoms with van der Waals surface area (Å²) in [4.78, 5) is 15.2. The number of rotatable bonds is 6. The quantitative estimate of drug-likeness (QED) is 0.777. The van der Waals surface area contributed by atoms with Crippen LogP contribution in [0, 0.1) is 11.8 Å². The summed E-state index contributed by atoms with van der Waals surface area (Å²) < 4.78 is 0. The number of hydrogen-bond donors (Lipinski definition) is 2. The van der Waals surface area contributed by atoms with Gasteiger partial charge in [0.15, 0.2) is 0 Å². The van der Waals surface area contributed by atoms with Gasteiger partial charge in [-0.2, -0.15) is 0 Å². The summed E-state index contributed by atoms with van der Waals surface area (Å²) in [5, 5.41) is 13.4. The zero-order chi connectivity index (χ0) is 14.4. The normalized spacial score (nSPS) is 13.9.